The highest BCUT2D eigenvalue weighted by atomic mass is 19.1. The molecule has 2 atom stereocenters. The predicted molar refractivity (Wildman–Crippen MR) is 133 cm³/mol. The van der Waals surface area contributed by atoms with Crippen molar-refractivity contribution in [3.63, 3.8) is 0 Å². The Hall–Kier alpha value is -2.66. The fraction of sp³-hybridized carbons (Fsp3) is 0.464. The molecule has 0 unspecified atom stereocenters. The van der Waals surface area contributed by atoms with Crippen LogP contribution in [-0.2, 0) is 11.2 Å². The first kappa shape index (κ1) is 23.5. The molecule has 1 fully saturated rings. The van der Waals surface area contributed by atoms with Crippen LogP contribution in [0.1, 0.15) is 68.6 Å². The van der Waals surface area contributed by atoms with Crippen molar-refractivity contribution in [2.75, 3.05) is 19.6 Å². The third-order valence-corrected chi connectivity index (χ3v) is 7.12. The maximum Gasteiger partial charge on any atom is 0.220 e. The topological polar surface area (TPSA) is 48.1 Å². The molecule has 33 heavy (non-hydrogen) atoms. The van der Waals surface area contributed by atoms with Crippen LogP contribution in [0.25, 0.3) is 10.9 Å². The van der Waals surface area contributed by atoms with Gasteiger partial charge >= 0.3 is 0 Å². The second kappa shape index (κ2) is 11.0. The summed E-state index contributed by atoms with van der Waals surface area (Å²) < 4.78 is 14.1. The molecule has 2 N–H and O–H groups in total. The van der Waals surface area contributed by atoms with E-state index in [9.17, 15) is 9.18 Å². The van der Waals surface area contributed by atoms with Crippen LogP contribution in [-0.4, -0.2) is 41.5 Å². The number of likely N-dealkylation sites (tertiary alicyclic amines) is 1. The molecular formula is C28H36FN3O. The van der Waals surface area contributed by atoms with E-state index in [0.717, 1.165) is 48.0 Å². The SMILES string of the molecule is CCc1cccc2c([C@H](CC(=O)NCCCN3CCCC[C@H]3C)c3cccc(F)c3)c[nH]c12. The van der Waals surface area contributed by atoms with E-state index in [-0.39, 0.29) is 17.6 Å². The van der Waals surface area contributed by atoms with Crippen LogP contribution in [0.15, 0.2) is 48.7 Å². The number of aromatic nitrogens is 1. The first-order chi connectivity index (χ1) is 16.1. The molecule has 1 amide bonds. The van der Waals surface area contributed by atoms with Crippen molar-refractivity contribution in [1.29, 1.82) is 0 Å². The summed E-state index contributed by atoms with van der Waals surface area (Å²) in [5.74, 6) is -0.469. The highest BCUT2D eigenvalue weighted by Gasteiger charge is 2.23. The minimum atomic E-state index is -0.275. The summed E-state index contributed by atoms with van der Waals surface area (Å²) in [6.45, 7) is 7.30. The summed E-state index contributed by atoms with van der Waals surface area (Å²) in [5, 5.41) is 4.22. The van der Waals surface area contributed by atoms with Gasteiger partial charge in [-0.3, -0.25) is 4.79 Å². The molecule has 1 aromatic heterocycles. The molecule has 1 aliphatic rings. The lowest BCUT2D eigenvalue weighted by Gasteiger charge is -2.33. The molecule has 0 aliphatic carbocycles. The van der Waals surface area contributed by atoms with Gasteiger partial charge in [-0.15, -0.1) is 0 Å². The summed E-state index contributed by atoms with van der Waals surface area (Å²) in [4.78, 5) is 18.9. The number of benzene rings is 2. The van der Waals surface area contributed by atoms with Crippen molar-refractivity contribution >= 4 is 16.8 Å². The first-order valence-electron chi connectivity index (χ1n) is 12.4. The van der Waals surface area contributed by atoms with E-state index in [1.807, 2.05) is 12.3 Å². The Labute approximate surface area is 196 Å². The molecule has 3 aromatic rings. The van der Waals surface area contributed by atoms with E-state index in [0.29, 0.717) is 19.0 Å². The van der Waals surface area contributed by atoms with Gasteiger partial charge in [0.2, 0.25) is 5.91 Å². The summed E-state index contributed by atoms with van der Waals surface area (Å²) in [5.41, 5.74) is 4.22. The van der Waals surface area contributed by atoms with Gasteiger partial charge in [0.05, 0.1) is 0 Å². The highest BCUT2D eigenvalue weighted by Crippen LogP contribution is 2.34. The zero-order chi connectivity index (χ0) is 23.2. The molecule has 0 bridgehead atoms. The number of aromatic amines is 1. The number of nitrogens with zero attached hydrogens (tertiary/aromatic N) is 1. The van der Waals surface area contributed by atoms with Crippen LogP contribution in [0.4, 0.5) is 4.39 Å². The smallest absolute Gasteiger partial charge is 0.220 e. The summed E-state index contributed by atoms with van der Waals surface area (Å²) in [6, 6.07) is 13.6. The van der Waals surface area contributed by atoms with Crippen LogP contribution in [0.5, 0.6) is 0 Å². The number of carbonyl (C=O) groups excluding carboxylic acids is 1. The van der Waals surface area contributed by atoms with E-state index in [4.69, 9.17) is 0 Å². The van der Waals surface area contributed by atoms with Gasteiger partial charge in [-0.05, 0) is 68.0 Å². The minimum Gasteiger partial charge on any atom is -0.361 e. The van der Waals surface area contributed by atoms with Gasteiger partial charge in [0.15, 0.2) is 0 Å². The molecule has 2 heterocycles. The van der Waals surface area contributed by atoms with E-state index in [1.54, 1.807) is 12.1 Å². The molecule has 5 heteroatoms. The van der Waals surface area contributed by atoms with Gasteiger partial charge in [-0.2, -0.15) is 0 Å². The standard InChI is InChI=1S/C28H36FN3O/c1-3-21-10-7-13-24-26(19-31-28(21)24)25(22-11-6-12-23(29)17-22)18-27(33)30-14-8-16-32-15-5-4-9-20(32)2/h6-7,10-13,17,19-20,25,31H,3-5,8-9,14-16,18H2,1-2H3,(H,30,33)/t20-,25-/m1/s1. The molecule has 1 saturated heterocycles. The van der Waals surface area contributed by atoms with Gasteiger partial charge in [0.25, 0.3) is 0 Å². The van der Waals surface area contributed by atoms with Crippen molar-refractivity contribution in [3.8, 4) is 0 Å². The summed E-state index contributed by atoms with van der Waals surface area (Å²) in [6.07, 6.45) is 8.04. The van der Waals surface area contributed by atoms with Crippen molar-refractivity contribution in [3.05, 3.63) is 71.2 Å². The molecule has 0 spiro atoms. The quantitative estimate of drug-likeness (QED) is 0.407. The Morgan fingerprint density at radius 3 is 2.88 bits per heavy atom. The maximum absolute atomic E-state index is 14.1. The largest absolute Gasteiger partial charge is 0.361 e. The lowest BCUT2D eigenvalue weighted by Crippen LogP contribution is -2.39. The lowest BCUT2D eigenvalue weighted by molar-refractivity contribution is -0.121. The Morgan fingerprint density at radius 1 is 1.24 bits per heavy atom. The number of amides is 1. The van der Waals surface area contributed by atoms with Gasteiger partial charge < -0.3 is 15.2 Å². The second-order valence-electron chi connectivity index (χ2n) is 9.33. The fourth-order valence-electron chi connectivity index (χ4n) is 5.21. The zero-order valence-electron chi connectivity index (χ0n) is 19.9. The van der Waals surface area contributed by atoms with E-state index >= 15 is 0 Å². The number of fused-ring (bicyclic) bond motifs is 1. The number of hydrogen-bond donors (Lipinski definition) is 2. The van der Waals surface area contributed by atoms with Gasteiger partial charge in [0, 0.05) is 48.6 Å². The number of halogens is 1. The van der Waals surface area contributed by atoms with Crippen LogP contribution in [0.2, 0.25) is 0 Å². The Balaban J connectivity index is 1.46. The van der Waals surface area contributed by atoms with Gasteiger partial charge in [0.1, 0.15) is 5.82 Å². The monoisotopic (exact) mass is 449 g/mol. The van der Waals surface area contributed by atoms with Crippen LogP contribution >= 0.6 is 0 Å². The molecule has 0 radical (unpaired) electrons. The van der Waals surface area contributed by atoms with Gasteiger partial charge in [-0.25, -0.2) is 4.39 Å². The van der Waals surface area contributed by atoms with Crippen LogP contribution in [0, 0.1) is 5.82 Å². The maximum atomic E-state index is 14.1. The van der Waals surface area contributed by atoms with Crippen molar-refractivity contribution in [2.24, 2.45) is 0 Å². The van der Waals surface area contributed by atoms with Gasteiger partial charge in [-0.1, -0.05) is 43.7 Å². The molecule has 0 saturated carbocycles. The third kappa shape index (κ3) is 5.64. The molecular weight excluding hydrogens is 413 g/mol. The predicted octanol–water partition coefficient (Wildman–Crippen LogP) is 5.77. The number of carbonyl (C=O) groups is 1. The summed E-state index contributed by atoms with van der Waals surface area (Å²) in [7, 11) is 0. The normalized spacial score (nSPS) is 17.8. The number of aryl methyl sites for hydroxylation is 1. The van der Waals surface area contributed by atoms with Crippen LogP contribution in [0.3, 0.4) is 0 Å². The number of hydrogen-bond acceptors (Lipinski definition) is 2. The summed E-state index contributed by atoms with van der Waals surface area (Å²) >= 11 is 0. The average Bonchev–Trinajstić information content (AvgIpc) is 3.25. The number of para-hydroxylation sites is 1. The number of nitrogens with one attached hydrogen (secondary N) is 2. The molecule has 4 nitrogen and oxygen atoms in total. The highest BCUT2D eigenvalue weighted by molar-refractivity contribution is 5.88. The van der Waals surface area contributed by atoms with Crippen molar-refractivity contribution < 1.29 is 9.18 Å². The van der Waals surface area contributed by atoms with Crippen molar-refractivity contribution in [1.82, 2.24) is 15.2 Å². The van der Waals surface area contributed by atoms with Crippen molar-refractivity contribution in [2.45, 2.75) is 64.3 Å². The Kier molecular flexibility index (Phi) is 7.81. The Bertz CT molecular complexity index is 1080. The molecule has 176 valence electrons. The Morgan fingerprint density at radius 2 is 2.09 bits per heavy atom. The van der Waals surface area contributed by atoms with E-state index in [2.05, 4.69) is 47.2 Å². The molecule has 2 aromatic carbocycles. The van der Waals surface area contributed by atoms with E-state index in [1.165, 1.54) is 30.9 Å². The second-order valence-corrected chi connectivity index (χ2v) is 9.33. The molecule has 4 rings (SSSR count). The third-order valence-electron chi connectivity index (χ3n) is 7.12. The fourth-order valence-corrected chi connectivity index (χ4v) is 5.21. The molecule has 1 aliphatic heterocycles. The minimum absolute atomic E-state index is 0.0111. The number of piperidine rings is 1. The zero-order valence-corrected chi connectivity index (χ0v) is 19.9. The number of H-pyrrole nitrogens is 1. The average molecular weight is 450 g/mol. The van der Waals surface area contributed by atoms with E-state index < -0.39 is 0 Å². The van der Waals surface area contributed by atoms with Crippen LogP contribution < -0.4 is 5.32 Å². The lowest BCUT2D eigenvalue weighted by atomic mass is 9.87. The first-order valence-corrected chi connectivity index (χ1v) is 12.4. The number of rotatable bonds is 9.